The van der Waals surface area contributed by atoms with E-state index in [9.17, 15) is 21.6 Å². The number of carboxylic acids is 1. The lowest BCUT2D eigenvalue weighted by molar-refractivity contribution is -0.192. The standard InChI is InChI=1S/C14H23N5O3S.C2HF3O2/c1-18(2)13-4-14(16-9-15-13)19-6-11-10(5-17-23(3,20)21)8-22-12(11)7-19;3-2(4,5)1(6)7/h4,9-12,17H,5-8H2,1-3H3;(H,6,7)/t10-,11-,12-;/m1./s1. The maximum absolute atomic E-state index is 11.3. The van der Waals surface area contributed by atoms with E-state index in [-0.39, 0.29) is 12.0 Å². The largest absolute Gasteiger partial charge is 0.490 e. The van der Waals surface area contributed by atoms with Crippen molar-refractivity contribution in [3.05, 3.63) is 12.4 Å². The second kappa shape index (κ2) is 9.31. The van der Waals surface area contributed by atoms with Gasteiger partial charge in [-0.2, -0.15) is 13.2 Å². The summed E-state index contributed by atoms with van der Waals surface area (Å²) in [4.78, 5) is 21.6. The second-order valence-electron chi connectivity index (χ2n) is 7.25. The van der Waals surface area contributed by atoms with Crippen LogP contribution in [0.3, 0.4) is 0 Å². The van der Waals surface area contributed by atoms with Crippen LogP contribution < -0.4 is 14.5 Å². The van der Waals surface area contributed by atoms with Crippen LogP contribution in [0.15, 0.2) is 12.4 Å². The van der Waals surface area contributed by atoms with Crippen molar-refractivity contribution in [3.8, 4) is 0 Å². The summed E-state index contributed by atoms with van der Waals surface area (Å²) in [6.07, 6.45) is -2.19. The number of sulfonamides is 1. The molecular weight excluding hydrogens is 431 g/mol. The highest BCUT2D eigenvalue weighted by Crippen LogP contribution is 2.35. The van der Waals surface area contributed by atoms with Gasteiger partial charge in [0.05, 0.1) is 19.0 Å². The molecule has 3 rings (SSSR count). The molecule has 2 aliphatic heterocycles. The number of alkyl halides is 3. The number of carbonyl (C=O) groups is 1. The van der Waals surface area contributed by atoms with Crippen molar-refractivity contribution < 1.29 is 36.2 Å². The van der Waals surface area contributed by atoms with E-state index in [0.29, 0.717) is 19.1 Å². The molecule has 0 spiro atoms. The Kier molecular flexibility index (Phi) is 7.47. The first-order chi connectivity index (χ1) is 13.8. The number of fused-ring (bicyclic) bond motifs is 1. The molecule has 3 atom stereocenters. The first kappa shape index (κ1) is 24.1. The van der Waals surface area contributed by atoms with Gasteiger partial charge in [-0.3, -0.25) is 0 Å². The van der Waals surface area contributed by atoms with Gasteiger partial charge < -0.3 is 19.6 Å². The molecule has 14 heteroatoms. The zero-order valence-electron chi connectivity index (χ0n) is 16.6. The smallest absolute Gasteiger partial charge is 0.475 e. The molecule has 10 nitrogen and oxygen atoms in total. The van der Waals surface area contributed by atoms with Gasteiger partial charge in [-0.25, -0.2) is 27.9 Å². The molecule has 3 heterocycles. The predicted molar refractivity (Wildman–Crippen MR) is 102 cm³/mol. The highest BCUT2D eigenvalue weighted by Gasteiger charge is 2.44. The average Bonchev–Trinajstić information content (AvgIpc) is 3.20. The summed E-state index contributed by atoms with van der Waals surface area (Å²) in [5.74, 6) is -0.482. The number of rotatable bonds is 5. The number of nitrogens with one attached hydrogen (secondary N) is 1. The van der Waals surface area contributed by atoms with E-state index in [1.807, 2.05) is 25.1 Å². The number of ether oxygens (including phenoxy) is 1. The molecule has 0 radical (unpaired) electrons. The molecule has 0 unspecified atom stereocenters. The minimum Gasteiger partial charge on any atom is -0.475 e. The molecule has 2 saturated heterocycles. The summed E-state index contributed by atoms with van der Waals surface area (Å²) in [6, 6.07) is 1.96. The lowest BCUT2D eigenvalue weighted by Crippen LogP contribution is -2.33. The fourth-order valence-electron chi connectivity index (χ4n) is 3.21. The third-order valence-corrected chi connectivity index (χ3v) is 5.40. The van der Waals surface area contributed by atoms with Crippen LogP contribution in [0, 0.1) is 11.8 Å². The number of anilines is 2. The topological polar surface area (TPSA) is 125 Å². The van der Waals surface area contributed by atoms with Gasteiger partial charge in [-0.1, -0.05) is 0 Å². The van der Waals surface area contributed by atoms with E-state index in [0.717, 1.165) is 24.7 Å². The quantitative estimate of drug-likeness (QED) is 0.639. The highest BCUT2D eigenvalue weighted by molar-refractivity contribution is 7.88. The van der Waals surface area contributed by atoms with Crippen LogP contribution >= 0.6 is 0 Å². The first-order valence-corrected chi connectivity index (χ1v) is 10.8. The highest BCUT2D eigenvalue weighted by atomic mass is 32.2. The lowest BCUT2D eigenvalue weighted by Gasteiger charge is -2.21. The van der Waals surface area contributed by atoms with Gasteiger partial charge in [0.25, 0.3) is 0 Å². The summed E-state index contributed by atoms with van der Waals surface area (Å²) in [7, 11) is 0.724. The van der Waals surface area contributed by atoms with Crippen LogP contribution in [0.1, 0.15) is 0 Å². The maximum Gasteiger partial charge on any atom is 0.490 e. The van der Waals surface area contributed by atoms with Crippen LogP contribution in [0.2, 0.25) is 0 Å². The van der Waals surface area contributed by atoms with Crippen LogP contribution in [-0.4, -0.2) is 88.3 Å². The number of halogens is 3. The number of hydrogen-bond acceptors (Lipinski definition) is 8. The maximum atomic E-state index is 11.3. The zero-order chi connectivity index (χ0) is 22.7. The molecule has 30 heavy (non-hydrogen) atoms. The normalized spacial score (nSPS) is 23.5. The van der Waals surface area contributed by atoms with Crippen molar-refractivity contribution in [3.63, 3.8) is 0 Å². The Morgan fingerprint density at radius 3 is 2.53 bits per heavy atom. The lowest BCUT2D eigenvalue weighted by atomic mass is 9.93. The Labute approximate surface area is 172 Å². The van der Waals surface area contributed by atoms with Crippen molar-refractivity contribution in [1.82, 2.24) is 14.7 Å². The Morgan fingerprint density at radius 2 is 2.00 bits per heavy atom. The van der Waals surface area contributed by atoms with Crippen molar-refractivity contribution in [1.29, 1.82) is 0 Å². The molecule has 1 aromatic heterocycles. The third kappa shape index (κ3) is 6.67. The summed E-state index contributed by atoms with van der Waals surface area (Å²) >= 11 is 0. The van der Waals surface area contributed by atoms with E-state index in [1.54, 1.807) is 6.33 Å². The monoisotopic (exact) mass is 455 g/mol. The van der Waals surface area contributed by atoms with Gasteiger partial charge in [0.2, 0.25) is 10.0 Å². The SMILES string of the molecule is CN(C)c1cc(N2C[C@@H]3[C@H](CNS(C)(=O)=O)CO[C@@H]3C2)ncn1.O=C(O)C(F)(F)F. The number of aliphatic carboxylic acids is 1. The van der Waals surface area contributed by atoms with Crippen molar-refractivity contribution in [2.24, 2.45) is 11.8 Å². The molecule has 0 saturated carbocycles. The number of nitrogens with zero attached hydrogens (tertiary/aromatic N) is 4. The molecular formula is C16H24F3N5O5S. The Morgan fingerprint density at radius 1 is 1.37 bits per heavy atom. The predicted octanol–water partition coefficient (Wildman–Crippen LogP) is 0.176. The molecule has 0 amide bonds. The van der Waals surface area contributed by atoms with E-state index in [1.165, 1.54) is 6.26 Å². The summed E-state index contributed by atoms with van der Waals surface area (Å²) < 4.78 is 62.8. The van der Waals surface area contributed by atoms with Gasteiger partial charge in [0.1, 0.15) is 18.0 Å². The Balaban J connectivity index is 0.000000396. The van der Waals surface area contributed by atoms with Crippen LogP contribution in [0.5, 0.6) is 0 Å². The second-order valence-corrected chi connectivity index (χ2v) is 9.09. The summed E-state index contributed by atoms with van der Waals surface area (Å²) in [5.41, 5.74) is 0. The molecule has 170 valence electrons. The molecule has 2 fully saturated rings. The Bertz CT molecular complexity index is 852. The van der Waals surface area contributed by atoms with Crippen molar-refractivity contribution in [2.75, 3.05) is 56.4 Å². The third-order valence-electron chi connectivity index (χ3n) is 4.71. The molecule has 0 aromatic carbocycles. The minimum atomic E-state index is -5.08. The van der Waals surface area contributed by atoms with E-state index >= 15 is 0 Å². The molecule has 0 bridgehead atoms. The summed E-state index contributed by atoms with van der Waals surface area (Å²) in [6.45, 7) is 2.65. The molecule has 2 N–H and O–H groups in total. The van der Waals surface area contributed by atoms with Gasteiger partial charge in [0, 0.05) is 51.6 Å². The van der Waals surface area contributed by atoms with Gasteiger partial charge in [0.15, 0.2) is 0 Å². The fourth-order valence-corrected chi connectivity index (χ4v) is 3.73. The minimum absolute atomic E-state index is 0.138. The molecule has 2 aliphatic rings. The van der Waals surface area contributed by atoms with Crippen molar-refractivity contribution in [2.45, 2.75) is 12.3 Å². The van der Waals surface area contributed by atoms with E-state index in [4.69, 9.17) is 14.6 Å². The van der Waals surface area contributed by atoms with Crippen LogP contribution in [0.4, 0.5) is 24.8 Å². The van der Waals surface area contributed by atoms with Gasteiger partial charge in [-0.15, -0.1) is 0 Å². The van der Waals surface area contributed by atoms with Crippen LogP contribution in [0.25, 0.3) is 0 Å². The van der Waals surface area contributed by atoms with Gasteiger partial charge in [-0.05, 0) is 0 Å². The average molecular weight is 455 g/mol. The van der Waals surface area contributed by atoms with Crippen molar-refractivity contribution >= 4 is 27.6 Å². The Hall–Kier alpha value is -2.19. The number of aromatic nitrogens is 2. The number of carboxylic acid groups (broad SMARTS) is 1. The van der Waals surface area contributed by atoms with Crippen LogP contribution in [-0.2, 0) is 19.6 Å². The summed E-state index contributed by atoms with van der Waals surface area (Å²) in [5, 5.41) is 7.12. The fraction of sp³-hybridized carbons (Fsp3) is 0.688. The molecule has 1 aromatic rings. The zero-order valence-corrected chi connectivity index (χ0v) is 17.4. The first-order valence-electron chi connectivity index (χ1n) is 8.88. The van der Waals surface area contributed by atoms with E-state index < -0.39 is 22.2 Å². The molecule has 0 aliphatic carbocycles. The number of hydrogen-bond donors (Lipinski definition) is 2. The van der Waals surface area contributed by atoms with Gasteiger partial charge >= 0.3 is 12.1 Å². The van der Waals surface area contributed by atoms with E-state index in [2.05, 4.69) is 19.6 Å².